The average Bonchev–Trinajstić information content (AvgIpc) is 2.11. The first-order valence-corrected chi connectivity index (χ1v) is 11.4. The van der Waals surface area contributed by atoms with E-state index in [9.17, 15) is 0 Å². The molecule has 3 nitrogen and oxygen atoms in total. The summed E-state index contributed by atoms with van der Waals surface area (Å²) < 4.78 is 17.9. The van der Waals surface area contributed by atoms with E-state index >= 15 is 0 Å². The molecule has 0 spiro atoms. The third-order valence-electron chi connectivity index (χ3n) is 2.79. The van der Waals surface area contributed by atoms with E-state index in [-0.39, 0.29) is 0 Å². The summed E-state index contributed by atoms with van der Waals surface area (Å²) in [6.45, 7) is 11.0. The van der Waals surface area contributed by atoms with Crippen LogP contribution in [0, 0.1) is 0 Å². The van der Waals surface area contributed by atoms with Crippen molar-refractivity contribution in [2.24, 2.45) is 0 Å². The molecule has 0 aromatic rings. The van der Waals surface area contributed by atoms with Gasteiger partial charge in [0.05, 0.1) is 0 Å². The molecule has 0 unspecified atom stereocenters. The van der Waals surface area contributed by atoms with Crippen molar-refractivity contribution in [2.75, 3.05) is 19.8 Å². The van der Waals surface area contributed by atoms with Crippen LogP contribution in [0.15, 0.2) is 0 Å². The smallest absolute Gasteiger partial charge is 0.349 e. The molecule has 0 N–H and O–H groups in total. The maximum absolute atomic E-state index is 5.98. The zero-order chi connectivity index (χ0) is 10.7. The molecule has 1 rings (SSSR count). The van der Waals surface area contributed by atoms with Gasteiger partial charge in [0.15, 0.2) is 0 Å². The molecule has 0 aromatic heterocycles. The maximum atomic E-state index is 5.98. The van der Waals surface area contributed by atoms with Gasteiger partial charge in [0.1, 0.15) is 0 Å². The first-order valence-electron chi connectivity index (χ1n) is 5.50. The minimum atomic E-state index is -1.99. The summed E-state index contributed by atoms with van der Waals surface area (Å²) in [6, 6.07) is 1.12. The van der Waals surface area contributed by atoms with Gasteiger partial charge < -0.3 is 13.3 Å². The minimum Gasteiger partial charge on any atom is -0.414 e. The fourth-order valence-corrected chi connectivity index (χ4v) is 12.4. The molecule has 84 valence electrons. The zero-order valence-electron chi connectivity index (χ0n) is 9.76. The van der Waals surface area contributed by atoms with E-state index in [4.69, 9.17) is 13.3 Å². The molecule has 0 aliphatic carbocycles. The van der Waals surface area contributed by atoms with Crippen LogP contribution >= 0.6 is 0 Å². The minimum absolute atomic E-state index is 0.756. The Hall–Kier alpha value is 0.314. The normalized spacial score (nSPS) is 24.9. The van der Waals surface area contributed by atoms with Crippen LogP contribution < -0.4 is 0 Å². The summed E-state index contributed by atoms with van der Waals surface area (Å²) in [5, 5.41) is 0. The van der Waals surface area contributed by atoms with Crippen LogP contribution in [0.4, 0.5) is 0 Å². The van der Waals surface area contributed by atoms with Crippen LogP contribution in [0.1, 0.15) is 20.3 Å². The molecular weight excluding hydrogens is 212 g/mol. The van der Waals surface area contributed by atoms with Gasteiger partial charge >= 0.3 is 8.08 Å². The lowest BCUT2D eigenvalue weighted by molar-refractivity contribution is 0.172. The van der Waals surface area contributed by atoms with Gasteiger partial charge in [0, 0.05) is 19.8 Å². The molecule has 1 saturated heterocycles. The highest BCUT2D eigenvalue weighted by Gasteiger charge is 2.57. The van der Waals surface area contributed by atoms with Crippen molar-refractivity contribution in [3.63, 3.8) is 0 Å². The van der Waals surface area contributed by atoms with Crippen LogP contribution in [-0.4, -0.2) is 35.7 Å². The monoisotopic (exact) mass is 234 g/mol. The molecule has 1 heterocycles. The van der Waals surface area contributed by atoms with Gasteiger partial charge in [-0.2, -0.15) is 0 Å². The summed E-state index contributed by atoms with van der Waals surface area (Å²) in [5.74, 6) is 0. The van der Waals surface area contributed by atoms with Crippen molar-refractivity contribution in [1.29, 1.82) is 0 Å². The van der Waals surface area contributed by atoms with Crippen LogP contribution in [0.3, 0.4) is 0 Å². The molecule has 1 aliphatic heterocycles. The third-order valence-corrected chi connectivity index (χ3v) is 15.6. The second kappa shape index (κ2) is 4.89. The number of hydrogen-bond acceptors (Lipinski definition) is 3. The first-order chi connectivity index (χ1) is 6.58. The van der Waals surface area contributed by atoms with Gasteiger partial charge in [-0.25, -0.2) is 0 Å². The fraction of sp³-hybridized carbons (Fsp3) is 1.00. The van der Waals surface area contributed by atoms with E-state index in [1.165, 1.54) is 0 Å². The standard InChI is InChI=1S/C9H22O3Si2/c1-5-10-14(11-6-2)9-7-8-12-13(14,3)4/h5-9H2,1-4H3. The maximum Gasteiger partial charge on any atom is 0.349 e. The van der Waals surface area contributed by atoms with Crippen molar-refractivity contribution < 1.29 is 13.3 Å². The Morgan fingerprint density at radius 3 is 2.14 bits per heavy atom. The molecule has 0 saturated carbocycles. The molecule has 0 aromatic carbocycles. The second-order valence-electron chi connectivity index (χ2n) is 4.08. The van der Waals surface area contributed by atoms with E-state index in [1.54, 1.807) is 0 Å². The Morgan fingerprint density at radius 1 is 1.14 bits per heavy atom. The van der Waals surface area contributed by atoms with E-state index in [1.807, 2.05) is 13.8 Å². The van der Waals surface area contributed by atoms with Crippen molar-refractivity contribution in [3.8, 4) is 0 Å². The molecule has 0 amide bonds. The van der Waals surface area contributed by atoms with E-state index < -0.39 is 15.9 Å². The van der Waals surface area contributed by atoms with E-state index in [0.29, 0.717) is 0 Å². The molecule has 0 radical (unpaired) electrons. The van der Waals surface area contributed by atoms with Crippen molar-refractivity contribution in [2.45, 2.75) is 39.4 Å². The SMILES string of the molecule is CCO[Si]1(OCC)CCCO[Si]1(C)C. The summed E-state index contributed by atoms with van der Waals surface area (Å²) in [5.41, 5.74) is 0. The lowest BCUT2D eigenvalue weighted by atomic mass is 10.5. The second-order valence-corrected chi connectivity index (χ2v) is 15.9. The molecule has 0 bridgehead atoms. The van der Waals surface area contributed by atoms with Crippen molar-refractivity contribution in [3.05, 3.63) is 0 Å². The Kier molecular flexibility index (Phi) is 4.33. The summed E-state index contributed by atoms with van der Waals surface area (Å²) in [6.07, 6.45) is 1.10. The summed E-state index contributed by atoms with van der Waals surface area (Å²) >= 11 is 0. The van der Waals surface area contributed by atoms with Gasteiger partial charge in [-0.05, 0) is 39.4 Å². The highest BCUT2D eigenvalue weighted by atomic mass is 29.3. The Labute approximate surface area is 88.9 Å². The zero-order valence-corrected chi connectivity index (χ0v) is 11.8. The lowest BCUT2D eigenvalue weighted by Gasteiger charge is -2.43. The van der Waals surface area contributed by atoms with Crippen LogP contribution in [0.2, 0.25) is 19.1 Å². The van der Waals surface area contributed by atoms with Gasteiger partial charge in [-0.3, -0.25) is 0 Å². The van der Waals surface area contributed by atoms with E-state index in [2.05, 4.69) is 13.1 Å². The summed E-state index contributed by atoms with van der Waals surface area (Å²) in [7, 11) is -3.71. The van der Waals surface area contributed by atoms with Crippen LogP contribution in [-0.2, 0) is 13.3 Å². The molecule has 5 heteroatoms. The lowest BCUT2D eigenvalue weighted by Crippen LogP contribution is -2.67. The first kappa shape index (κ1) is 12.4. The number of rotatable bonds is 4. The Bertz CT molecular complexity index is 173. The predicted molar refractivity (Wildman–Crippen MR) is 61.9 cm³/mol. The quantitative estimate of drug-likeness (QED) is 0.698. The predicted octanol–water partition coefficient (Wildman–Crippen LogP) is 2.21. The largest absolute Gasteiger partial charge is 0.414 e. The number of hydrogen-bond donors (Lipinski definition) is 0. The van der Waals surface area contributed by atoms with Crippen molar-refractivity contribution >= 4 is 15.9 Å². The third kappa shape index (κ3) is 2.28. The van der Waals surface area contributed by atoms with E-state index in [0.717, 1.165) is 32.3 Å². The average molecular weight is 234 g/mol. The molecule has 1 aliphatic rings. The highest BCUT2D eigenvalue weighted by molar-refractivity contribution is 7.34. The molecule has 1 fully saturated rings. The van der Waals surface area contributed by atoms with Gasteiger partial charge in [-0.1, -0.05) is 0 Å². The topological polar surface area (TPSA) is 27.7 Å². The Balaban J connectivity index is 2.80. The van der Waals surface area contributed by atoms with Crippen molar-refractivity contribution in [1.82, 2.24) is 0 Å². The van der Waals surface area contributed by atoms with Gasteiger partial charge in [-0.15, -0.1) is 0 Å². The van der Waals surface area contributed by atoms with Gasteiger partial charge in [0.25, 0.3) is 0 Å². The fourth-order valence-electron chi connectivity index (χ4n) is 2.04. The highest BCUT2D eigenvalue weighted by Crippen LogP contribution is 2.32. The molecule has 0 atom stereocenters. The molecule has 14 heavy (non-hydrogen) atoms. The van der Waals surface area contributed by atoms with Crippen LogP contribution in [0.25, 0.3) is 0 Å². The Morgan fingerprint density at radius 2 is 1.71 bits per heavy atom. The summed E-state index contributed by atoms with van der Waals surface area (Å²) in [4.78, 5) is 0. The van der Waals surface area contributed by atoms with Gasteiger partial charge in [0.2, 0.25) is 7.83 Å². The molecular formula is C9H22O3Si2. The van der Waals surface area contributed by atoms with Crippen LogP contribution in [0.5, 0.6) is 0 Å².